The Kier molecular flexibility index (Phi) is 12.2. The van der Waals surface area contributed by atoms with E-state index in [9.17, 15) is 18.4 Å². The van der Waals surface area contributed by atoms with Gasteiger partial charge in [-0.25, -0.2) is 13.2 Å². The molecule has 3 heterocycles. The number of amides is 2. The van der Waals surface area contributed by atoms with E-state index in [2.05, 4.69) is 29.0 Å². The fourth-order valence-electron chi connectivity index (χ4n) is 5.19. The van der Waals surface area contributed by atoms with Crippen molar-refractivity contribution in [1.82, 2.24) is 20.0 Å². The van der Waals surface area contributed by atoms with Crippen molar-refractivity contribution in [3.63, 3.8) is 0 Å². The van der Waals surface area contributed by atoms with Crippen LogP contribution in [-0.2, 0) is 9.59 Å². The second-order valence-electron chi connectivity index (χ2n) is 10.9. The van der Waals surface area contributed by atoms with Gasteiger partial charge in [-0.3, -0.25) is 14.5 Å². The molecule has 0 radical (unpaired) electrons. The Bertz CT molecular complexity index is 1210. The molecule has 2 saturated heterocycles. The molecule has 1 aromatic carbocycles. The van der Waals surface area contributed by atoms with E-state index in [1.807, 2.05) is 30.0 Å². The molecule has 8 nitrogen and oxygen atoms in total. The number of halogens is 3. The molecule has 1 aromatic rings. The van der Waals surface area contributed by atoms with Crippen LogP contribution in [0, 0.1) is 5.82 Å². The number of nitrogens with one attached hydrogen (secondary N) is 2. The van der Waals surface area contributed by atoms with E-state index >= 15 is 4.39 Å². The maximum atomic E-state index is 15.3. The summed E-state index contributed by atoms with van der Waals surface area (Å²) in [6, 6.07) is 3.28. The Morgan fingerprint density at radius 1 is 1.14 bits per heavy atom. The van der Waals surface area contributed by atoms with Crippen molar-refractivity contribution in [1.29, 1.82) is 0 Å². The zero-order chi connectivity index (χ0) is 30.8. The lowest BCUT2D eigenvalue weighted by molar-refractivity contribution is -0.117. The number of alkyl halides is 2. The van der Waals surface area contributed by atoms with Gasteiger partial charge in [-0.2, -0.15) is 0 Å². The molecule has 1 unspecified atom stereocenters. The minimum Gasteiger partial charge on any atom is -0.393 e. The first-order chi connectivity index (χ1) is 20.1. The highest BCUT2D eigenvalue weighted by Gasteiger charge is 2.28. The lowest BCUT2D eigenvalue weighted by atomic mass is 10.0. The van der Waals surface area contributed by atoms with Crippen molar-refractivity contribution in [2.75, 3.05) is 77.2 Å². The first-order valence-corrected chi connectivity index (χ1v) is 14.3. The van der Waals surface area contributed by atoms with E-state index in [1.54, 1.807) is 11.0 Å². The number of allylic oxidation sites excluding steroid dienone is 2. The molecule has 3 aliphatic rings. The quantitative estimate of drug-likeness (QED) is 0.259. The summed E-state index contributed by atoms with van der Waals surface area (Å²) in [7, 11) is 5.50. The average Bonchev–Trinajstić information content (AvgIpc) is 3.65. The molecule has 2 amide bonds. The summed E-state index contributed by atoms with van der Waals surface area (Å²) in [6.07, 6.45) is 5.95. The summed E-state index contributed by atoms with van der Waals surface area (Å²) < 4.78 is 42.8. The summed E-state index contributed by atoms with van der Waals surface area (Å²) >= 11 is 0. The standard InChI is InChI=1S/C26H34F3N5O.C5H9NO/c1-6-7-19(25(28)29)21(14-30-3)26(35)31-23-12-20(18-8-9-32(4)16-18)22(27)13-24(23)34-11-10-33(5)17(2)15-34;7-5-6-3-1-2-4-6/h6-8,12-14,17,25,30H,1,9-11,15-16H2,2-5H3,(H,31,35);5H,1-4H2/b19-7+,21-14+;. The van der Waals surface area contributed by atoms with Gasteiger partial charge < -0.3 is 25.3 Å². The van der Waals surface area contributed by atoms with Crippen LogP contribution in [0.25, 0.3) is 5.57 Å². The minimum atomic E-state index is -2.88. The summed E-state index contributed by atoms with van der Waals surface area (Å²) in [6.45, 7) is 10.9. The minimum absolute atomic E-state index is 0.217. The van der Waals surface area contributed by atoms with E-state index < -0.39 is 17.9 Å². The third kappa shape index (κ3) is 8.48. The normalized spacial score (nSPS) is 20.3. The van der Waals surface area contributed by atoms with Gasteiger partial charge in [0.05, 0.1) is 16.9 Å². The van der Waals surface area contributed by atoms with Crippen LogP contribution >= 0.6 is 0 Å². The van der Waals surface area contributed by atoms with E-state index in [1.165, 1.54) is 38.2 Å². The molecule has 0 bridgehead atoms. The highest BCUT2D eigenvalue weighted by molar-refractivity contribution is 6.08. The van der Waals surface area contributed by atoms with Crippen LogP contribution in [0.1, 0.15) is 25.3 Å². The Hall–Kier alpha value is -3.57. The summed E-state index contributed by atoms with van der Waals surface area (Å²) in [5.41, 5.74) is 1.46. The topological polar surface area (TPSA) is 71.2 Å². The van der Waals surface area contributed by atoms with Crippen LogP contribution in [-0.4, -0.2) is 106 Å². The van der Waals surface area contributed by atoms with E-state index in [0.717, 1.165) is 37.7 Å². The average molecular weight is 589 g/mol. The molecule has 2 fully saturated rings. The van der Waals surface area contributed by atoms with E-state index in [-0.39, 0.29) is 17.4 Å². The van der Waals surface area contributed by atoms with Crippen molar-refractivity contribution >= 4 is 29.3 Å². The zero-order valence-electron chi connectivity index (χ0n) is 25.0. The van der Waals surface area contributed by atoms with Crippen molar-refractivity contribution in [2.24, 2.45) is 0 Å². The first kappa shape index (κ1) is 32.9. The fourth-order valence-corrected chi connectivity index (χ4v) is 5.19. The van der Waals surface area contributed by atoms with Crippen LogP contribution < -0.4 is 15.5 Å². The number of nitrogens with zero attached hydrogens (tertiary/aromatic N) is 4. The van der Waals surface area contributed by atoms with Gasteiger partial charge >= 0.3 is 0 Å². The molecule has 0 aliphatic carbocycles. The number of carbonyl (C=O) groups is 2. The highest BCUT2D eigenvalue weighted by atomic mass is 19.3. The van der Waals surface area contributed by atoms with Crippen LogP contribution in [0.4, 0.5) is 24.5 Å². The van der Waals surface area contributed by atoms with Crippen LogP contribution in [0.15, 0.2) is 54.3 Å². The fraction of sp³-hybridized carbons (Fsp3) is 0.484. The number of hydrogen-bond donors (Lipinski definition) is 2. The molecule has 0 saturated carbocycles. The maximum absolute atomic E-state index is 15.3. The number of hydrogen-bond acceptors (Lipinski definition) is 6. The van der Waals surface area contributed by atoms with Gasteiger partial charge in [0.15, 0.2) is 0 Å². The maximum Gasteiger partial charge on any atom is 0.264 e. The monoisotopic (exact) mass is 588 g/mol. The molecule has 3 aliphatic heterocycles. The first-order valence-electron chi connectivity index (χ1n) is 14.3. The number of likely N-dealkylation sites (N-methyl/N-ethyl adjacent to an activating group) is 2. The highest BCUT2D eigenvalue weighted by Crippen LogP contribution is 2.35. The van der Waals surface area contributed by atoms with Crippen molar-refractivity contribution in [3.05, 3.63) is 65.7 Å². The largest absolute Gasteiger partial charge is 0.393 e. The van der Waals surface area contributed by atoms with Crippen LogP contribution in [0.5, 0.6) is 0 Å². The molecule has 230 valence electrons. The third-order valence-corrected chi connectivity index (χ3v) is 7.74. The second kappa shape index (κ2) is 15.6. The summed E-state index contributed by atoms with van der Waals surface area (Å²) in [5, 5.41) is 5.46. The molecule has 1 atom stereocenters. The van der Waals surface area contributed by atoms with Gasteiger partial charge in [0.2, 0.25) is 6.41 Å². The van der Waals surface area contributed by atoms with Gasteiger partial charge in [-0.1, -0.05) is 24.8 Å². The molecule has 0 aromatic heterocycles. The number of likely N-dealkylation sites (tertiary alicyclic amines) is 1. The Labute approximate surface area is 247 Å². The molecular weight excluding hydrogens is 545 g/mol. The summed E-state index contributed by atoms with van der Waals surface area (Å²) in [5.74, 6) is -1.09. The molecule has 2 N–H and O–H groups in total. The van der Waals surface area contributed by atoms with Crippen molar-refractivity contribution < 1.29 is 22.8 Å². The van der Waals surface area contributed by atoms with Crippen LogP contribution in [0.2, 0.25) is 0 Å². The van der Waals surface area contributed by atoms with E-state index in [4.69, 9.17) is 0 Å². The molecule has 0 spiro atoms. The van der Waals surface area contributed by atoms with Gasteiger partial charge in [-0.15, -0.1) is 0 Å². The van der Waals surface area contributed by atoms with Crippen molar-refractivity contribution in [2.45, 2.75) is 32.2 Å². The Morgan fingerprint density at radius 3 is 2.38 bits per heavy atom. The van der Waals surface area contributed by atoms with Gasteiger partial charge in [-0.05, 0) is 51.6 Å². The zero-order valence-corrected chi connectivity index (χ0v) is 25.0. The van der Waals surface area contributed by atoms with E-state index in [0.29, 0.717) is 43.1 Å². The number of piperazine rings is 1. The lowest BCUT2D eigenvalue weighted by Crippen LogP contribution is -2.50. The molecule has 4 rings (SSSR count). The third-order valence-electron chi connectivity index (χ3n) is 7.74. The molecule has 42 heavy (non-hydrogen) atoms. The number of rotatable bonds is 9. The Morgan fingerprint density at radius 2 is 1.86 bits per heavy atom. The predicted octanol–water partition coefficient (Wildman–Crippen LogP) is 3.95. The molecule has 11 heteroatoms. The SMILES string of the molecule is C=C/C=C(\C(=C/NC)C(=O)Nc1cc(C2=CCN(C)C2)c(F)cc1N1CCN(C)C(C)C1)C(F)F.O=CN1CCCC1. The Balaban J connectivity index is 0.000000603. The van der Waals surface area contributed by atoms with Gasteiger partial charge in [0.25, 0.3) is 12.3 Å². The second-order valence-corrected chi connectivity index (χ2v) is 10.9. The number of anilines is 2. The molecular formula is C31H43F3N6O2. The number of benzene rings is 1. The number of carbonyl (C=O) groups excluding carboxylic acids is 2. The smallest absolute Gasteiger partial charge is 0.264 e. The predicted molar refractivity (Wildman–Crippen MR) is 163 cm³/mol. The lowest BCUT2D eigenvalue weighted by Gasteiger charge is -2.39. The summed E-state index contributed by atoms with van der Waals surface area (Å²) in [4.78, 5) is 31.3. The van der Waals surface area contributed by atoms with Crippen molar-refractivity contribution in [3.8, 4) is 0 Å². The van der Waals surface area contributed by atoms with Crippen LogP contribution in [0.3, 0.4) is 0 Å². The van der Waals surface area contributed by atoms with Gasteiger partial charge in [0.1, 0.15) is 5.82 Å². The van der Waals surface area contributed by atoms with Gasteiger partial charge in [0, 0.05) is 76.2 Å².